The second-order valence-electron chi connectivity index (χ2n) is 7.69. The van der Waals surface area contributed by atoms with E-state index in [1.165, 1.54) is 0 Å². The van der Waals surface area contributed by atoms with Gasteiger partial charge in [-0.3, -0.25) is 0 Å². The second kappa shape index (κ2) is 8.71. The lowest BCUT2D eigenvalue weighted by Crippen LogP contribution is -2.39. The predicted octanol–water partition coefficient (Wildman–Crippen LogP) is 3.66. The quantitative estimate of drug-likeness (QED) is 0.468. The monoisotopic (exact) mass is 456 g/mol. The Bertz CT molecular complexity index is 1340. The molecule has 3 aromatic carbocycles. The van der Waals surface area contributed by atoms with Gasteiger partial charge in [-0.2, -0.15) is 5.26 Å². The highest BCUT2D eigenvalue weighted by Gasteiger charge is 2.33. The molecule has 2 heterocycles. The summed E-state index contributed by atoms with van der Waals surface area (Å²) in [5.74, 6) is 1.29. The summed E-state index contributed by atoms with van der Waals surface area (Å²) in [4.78, 5) is 12.7. The van der Waals surface area contributed by atoms with Crippen molar-refractivity contribution in [2.75, 3.05) is 13.7 Å². The number of rotatable bonds is 4. The number of fused-ring (bicyclic) bond motifs is 2. The maximum atomic E-state index is 12.7. The minimum absolute atomic E-state index is 0.00748. The molecule has 0 fully saturated rings. The van der Waals surface area contributed by atoms with Gasteiger partial charge in [-0.15, -0.1) is 0 Å². The second-order valence-corrected chi connectivity index (χ2v) is 7.69. The number of esters is 1. The summed E-state index contributed by atoms with van der Waals surface area (Å²) < 4.78 is 27.9. The minimum atomic E-state index is -0.911. The van der Waals surface area contributed by atoms with Crippen LogP contribution in [0.3, 0.4) is 0 Å². The van der Waals surface area contributed by atoms with E-state index in [9.17, 15) is 10.1 Å². The Balaban J connectivity index is 1.41. The molecule has 0 radical (unpaired) electrons. The van der Waals surface area contributed by atoms with E-state index in [0.717, 1.165) is 5.56 Å². The molecule has 3 aromatic rings. The molecule has 2 N–H and O–H groups in total. The summed E-state index contributed by atoms with van der Waals surface area (Å²) in [6.07, 6.45) is -0.911. The molecule has 0 saturated carbocycles. The molecule has 0 bridgehead atoms. The number of allylic oxidation sites excluding steroid dienone is 1. The van der Waals surface area contributed by atoms with Crippen LogP contribution in [0.4, 0.5) is 0 Å². The first-order valence-corrected chi connectivity index (χ1v) is 10.5. The Kier molecular flexibility index (Phi) is 5.44. The van der Waals surface area contributed by atoms with Crippen LogP contribution in [-0.2, 0) is 4.79 Å². The lowest BCUT2D eigenvalue weighted by atomic mass is 9.83. The van der Waals surface area contributed by atoms with E-state index < -0.39 is 18.0 Å². The van der Waals surface area contributed by atoms with E-state index in [1.807, 2.05) is 30.3 Å². The van der Waals surface area contributed by atoms with Crippen molar-refractivity contribution in [2.45, 2.75) is 12.0 Å². The summed E-state index contributed by atoms with van der Waals surface area (Å²) in [5, 5.41) is 9.74. The molecule has 34 heavy (non-hydrogen) atoms. The van der Waals surface area contributed by atoms with E-state index in [1.54, 1.807) is 43.5 Å². The van der Waals surface area contributed by atoms with E-state index in [0.29, 0.717) is 28.6 Å². The van der Waals surface area contributed by atoms with E-state index in [4.69, 9.17) is 29.4 Å². The number of nitrogens with two attached hydrogens (primary N) is 1. The Morgan fingerprint density at radius 1 is 1.03 bits per heavy atom. The first-order valence-electron chi connectivity index (χ1n) is 10.5. The molecule has 5 rings (SSSR count). The zero-order chi connectivity index (χ0) is 23.7. The molecule has 2 aliphatic heterocycles. The smallest absolute Gasteiger partial charge is 0.356 e. The van der Waals surface area contributed by atoms with E-state index >= 15 is 0 Å². The molecule has 2 aliphatic rings. The van der Waals surface area contributed by atoms with Crippen molar-refractivity contribution in [3.8, 4) is 34.8 Å². The summed E-state index contributed by atoms with van der Waals surface area (Å²) in [5.41, 5.74) is 7.90. The average Bonchev–Trinajstić information content (AvgIpc) is 2.87. The third kappa shape index (κ3) is 3.84. The molecule has 0 aliphatic carbocycles. The van der Waals surface area contributed by atoms with Crippen LogP contribution in [0, 0.1) is 11.3 Å². The van der Waals surface area contributed by atoms with Crippen LogP contribution in [0.25, 0.3) is 0 Å². The van der Waals surface area contributed by atoms with Crippen LogP contribution in [-0.4, -0.2) is 25.8 Å². The molecule has 8 heteroatoms. The summed E-state index contributed by atoms with van der Waals surface area (Å²) in [6, 6.07) is 21.6. The molecule has 2 atom stereocenters. The van der Waals surface area contributed by atoms with Crippen LogP contribution in [0.15, 0.2) is 78.2 Å². The fraction of sp³-hybridized carbons (Fsp3) is 0.154. The number of methoxy groups -OCH3 is 1. The zero-order valence-electron chi connectivity index (χ0n) is 18.2. The summed E-state index contributed by atoms with van der Waals surface area (Å²) in [7, 11) is 1.58. The standard InChI is InChI=1S/C26H20N2O6/c1-30-16-6-4-5-15(11-16)24-18-10-9-17(12-22(18)34-25(28)19(24)13-27)32-26(29)23-14-31-20-7-2-3-8-21(20)33-23/h2-12,23-24H,14,28H2,1H3. The van der Waals surface area contributed by atoms with Gasteiger partial charge in [0.15, 0.2) is 11.5 Å². The van der Waals surface area contributed by atoms with Crippen molar-refractivity contribution in [3.05, 3.63) is 89.3 Å². The van der Waals surface area contributed by atoms with Gasteiger partial charge in [0, 0.05) is 11.6 Å². The van der Waals surface area contributed by atoms with Gasteiger partial charge >= 0.3 is 5.97 Å². The van der Waals surface area contributed by atoms with Gasteiger partial charge in [-0.05, 0) is 35.9 Å². The third-order valence-corrected chi connectivity index (χ3v) is 5.61. The molecule has 0 aromatic heterocycles. The first kappa shape index (κ1) is 21.2. The van der Waals surface area contributed by atoms with E-state index in [2.05, 4.69) is 6.07 Å². The third-order valence-electron chi connectivity index (χ3n) is 5.61. The highest BCUT2D eigenvalue weighted by atomic mass is 16.6. The van der Waals surface area contributed by atoms with Crippen LogP contribution in [0.2, 0.25) is 0 Å². The zero-order valence-corrected chi connectivity index (χ0v) is 18.2. The van der Waals surface area contributed by atoms with Crippen molar-refractivity contribution in [3.63, 3.8) is 0 Å². The highest BCUT2D eigenvalue weighted by Crippen LogP contribution is 2.44. The van der Waals surface area contributed by atoms with Gasteiger partial charge in [-0.25, -0.2) is 4.79 Å². The summed E-state index contributed by atoms with van der Waals surface area (Å²) >= 11 is 0. The van der Waals surface area contributed by atoms with Gasteiger partial charge in [0.25, 0.3) is 0 Å². The molecular formula is C26H20N2O6. The number of para-hydroxylation sites is 2. The van der Waals surface area contributed by atoms with Gasteiger partial charge in [0.05, 0.1) is 13.0 Å². The van der Waals surface area contributed by atoms with Crippen LogP contribution in [0.1, 0.15) is 17.0 Å². The number of hydrogen-bond acceptors (Lipinski definition) is 8. The molecule has 0 spiro atoms. The maximum absolute atomic E-state index is 12.7. The largest absolute Gasteiger partial charge is 0.497 e. The first-order chi connectivity index (χ1) is 16.6. The van der Waals surface area contributed by atoms with Gasteiger partial charge < -0.3 is 29.4 Å². The number of benzene rings is 3. The average molecular weight is 456 g/mol. The lowest BCUT2D eigenvalue weighted by molar-refractivity contribution is -0.144. The molecule has 0 saturated heterocycles. The Morgan fingerprint density at radius 2 is 1.85 bits per heavy atom. The number of carbonyl (C=O) groups excluding carboxylic acids is 1. The molecular weight excluding hydrogens is 436 g/mol. The van der Waals surface area contributed by atoms with Crippen LogP contribution < -0.4 is 29.4 Å². The lowest BCUT2D eigenvalue weighted by Gasteiger charge is -2.27. The minimum Gasteiger partial charge on any atom is -0.497 e. The van der Waals surface area contributed by atoms with E-state index in [-0.39, 0.29) is 23.8 Å². The molecule has 8 nitrogen and oxygen atoms in total. The Hall–Kier alpha value is -4.64. The van der Waals surface area contributed by atoms with Crippen molar-refractivity contribution >= 4 is 5.97 Å². The van der Waals surface area contributed by atoms with Crippen molar-refractivity contribution in [1.82, 2.24) is 0 Å². The number of carbonyl (C=O) groups is 1. The van der Waals surface area contributed by atoms with Gasteiger partial charge in [-0.1, -0.05) is 30.3 Å². The van der Waals surface area contributed by atoms with Crippen molar-refractivity contribution in [2.24, 2.45) is 5.73 Å². The van der Waals surface area contributed by atoms with Crippen molar-refractivity contribution < 1.29 is 28.5 Å². The number of hydrogen-bond donors (Lipinski definition) is 1. The molecule has 2 unspecified atom stereocenters. The van der Waals surface area contributed by atoms with Gasteiger partial charge in [0.1, 0.15) is 35.5 Å². The SMILES string of the molecule is COc1cccc(C2C(C#N)=C(N)Oc3cc(OC(=O)C4COc5ccccc5O4)ccc32)c1. The summed E-state index contributed by atoms with van der Waals surface area (Å²) in [6.45, 7) is 0.0381. The molecule has 0 amide bonds. The van der Waals surface area contributed by atoms with Crippen LogP contribution in [0.5, 0.6) is 28.7 Å². The van der Waals surface area contributed by atoms with Crippen molar-refractivity contribution in [1.29, 1.82) is 5.26 Å². The maximum Gasteiger partial charge on any atom is 0.356 e. The number of ether oxygens (including phenoxy) is 5. The number of nitrogens with zero attached hydrogens (tertiary/aromatic N) is 1. The Labute approximate surface area is 195 Å². The van der Waals surface area contributed by atoms with Crippen LogP contribution >= 0.6 is 0 Å². The topological polar surface area (TPSA) is 113 Å². The Morgan fingerprint density at radius 3 is 2.65 bits per heavy atom. The normalized spacial score (nSPS) is 18.2. The fourth-order valence-corrected chi connectivity index (χ4v) is 3.98. The molecule has 170 valence electrons. The fourth-order valence-electron chi connectivity index (χ4n) is 3.98. The predicted molar refractivity (Wildman–Crippen MR) is 121 cm³/mol. The number of nitriles is 1. The highest BCUT2D eigenvalue weighted by molar-refractivity contribution is 5.78. The van der Waals surface area contributed by atoms with Gasteiger partial charge in [0.2, 0.25) is 12.0 Å².